The lowest BCUT2D eigenvalue weighted by molar-refractivity contribution is 0.0459. The summed E-state index contributed by atoms with van der Waals surface area (Å²) >= 11 is 1.47. The maximum atomic E-state index is 12.4. The lowest BCUT2D eigenvalue weighted by Gasteiger charge is -2.38. The van der Waals surface area contributed by atoms with E-state index in [1.54, 1.807) is 30.2 Å². The predicted octanol–water partition coefficient (Wildman–Crippen LogP) is 3.35. The first-order valence-electron chi connectivity index (χ1n) is 15.5. The van der Waals surface area contributed by atoms with Gasteiger partial charge >= 0.3 is 0 Å². The summed E-state index contributed by atoms with van der Waals surface area (Å²) in [6.07, 6.45) is 8.15. The molecule has 1 amide bonds. The first-order chi connectivity index (χ1) is 22.3. The second-order valence-electron chi connectivity index (χ2n) is 12.4. The van der Waals surface area contributed by atoms with E-state index in [4.69, 9.17) is 30.1 Å². The molecule has 5 aromatic rings. The number of aromatic nitrogens is 7. The molecular formula is C31H33N11O3S. The van der Waals surface area contributed by atoms with Crippen molar-refractivity contribution in [2.24, 2.45) is 0 Å². The van der Waals surface area contributed by atoms with Crippen molar-refractivity contribution in [3.05, 3.63) is 51.5 Å². The zero-order valence-electron chi connectivity index (χ0n) is 25.8. The van der Waals surface area contributed by atoms with Crippen LogP contribution < -0.4 is 11.1 Å². The third-order valence-corrected chi connectivity index (χ3v) is 10.9. The first kappa shape index (κ1) is 28.8. The minimum Gasteiger partial charge on any atom is -0.389 e. The second kappa shape index (κ2) is 10.7. The van der Waals surface area contributed by atoms with Gasteiger partial charge in [-0.05, 0) is 58.7 Å². The maximum absolute atomic E-state index is 12.4. The summed E-state index contributed by atoms with van der Waals surface area (Å²) < 4.78 is 16.0. The Bertz CT molecular complexity index is 2050. The average Bonchev–Trinajstić information content (AvgIpc) is 3.89. The van der Waals surface area contributed by atoms with Crippen LogP contribution in [0.25, 0.3) is 28.4 Å². The van der Waals surface area contributed by atoms with Crippen LogP contribution in [0, 0.1) is 11.3 Å². The Morgan fingerprint density at radius 1 is 1.33 bits per heavy atom. The van der Waals surface area contributed by atoms with Crippen molar-refractivity contribution in [3.8, 4) is 23.4 Å². The molecule has 236 valence electrons. The molecule has 3 atom stereocenters. The molecule has 3 aliphatic rings. The Labute approximate surface area is 268 Å². The number of rotatable bonds is 5. The third kappa shape index (κ3) is 4.13. The first-order valence-corrected chi connectivity index (χ1v) is 16.3. The molecule has 14 nitrogen and oxygen atoms in total. The lowest BCUT2D eigenvalue weighted by Crippen LogP contribution is -2.40. The number of hydrogen-bond acceptors (Lipinski definition) is 12. The smallest absolute Gasteiger partial charge is 0.271 e. The minimum absolute atomic E-state index is 0.0339. The van der Waals surface area contributed by atoms with E-state index in [1.165, 1.54) is 11.3 Å². The van der Waals surface area contributed by atoms with Gasteiger partial charge in [-0.3, -0.25) is 4.79 Å². The summed E-state index contributed by atoms with van der Waals surface area (Å²) in [6, 6.07) is 4.31. The normalized spacial score (nSPS) is 21.7. The fourth-order valence-electron chi connectivity index (χ4n) is 7.61. The van der Waals surface area contributed by atoms with Crippen LogP contribution in [-0.4, -0.2) is 78.8 Å². The third-order valence-electron chi connectivity index (χ3n) is 9.85. The molecule has 0 radical (unpaired) electrons. The SMILES string of the molecule is CNC(=O)c1ccn(-c2nc(-c3noc4c3COC[C@@]43CCCc4sc(N)c(C#N)c43)nc3c2cnn3[C@@H](C)[C@@H]2CCCN2C)n1. The molecule has 1 fully saturated rings. The van der Waals surface area contributed by atoms with Crippen LogP contribution in [0.3, 0.4) is 0 Å². The van der Waals surface area contributed by atoms with E-state index in [2.05, 4.69) is 40.5 Å². The van der Waals surface area contributed by atoms with Crippen molar-refractivity contribution in [2.75, 3.05) is 33.0 Å². The molecule has 0 aromatic carbocycles. The molecule has 1 spiro atoms. The number of aryl methyl sites for hydroxylation is 1. The Morgan fingerprint density at radius 2 is 2.20 bits per heavy atom. The average molecular weight is 640 g/mol. The minimum atomic E-state index is -0.674. The Morgan fingerprint density at radius 3 is 2.98 bits per heavy atom. The summed E-state index contributed by atoms with van der Waals surface area (Å²) in [5.74, 6) is 1.17. The van der Waals surface area contributed by atoms with Crippen LogP contribution in [0.2, 0.25) is 0 Å². The van der Waals surface area contributed by atoms with Gasteiger partial charge in [0, 0.05) is 29.7 Å². The molecule has 0 bridgehead atoms. The van der Waals surface area contributed by atoms with Gasteiger partial charge in [-0.25, -0.2) is 19.3 Å². The van der Waals surface area contributed by atoms with Gasteiger partial charge in [0.25, 0.3) is 5.91 Å². The number of likely N-dealkylation sites (tertiary alicyclic amines) is 1. The number of nitrogens with two attached hydrogens (primary N) is 1. The molecule has 2 aliphatic heterocycles. The fourth-order valence-corrected chi connectivity index (χ4v) is 8.78. The van der Waals surface area contributed by atoms with Crippen LogP contribution in [0.4, 0.5) is 5.00 Å². The van der Waals surface area contributed by atoms with Gasteiger partial charge in [0.2, 0.25) is 0 Å². The number of carbonyl (C=O) groups is 1. The van der Waals surface area contributed by atoms with Crippen LogP contribution >= 0.6 is 11.3 Å². The van der Waals surface area contributed by atoms with Gasteiger partial charge in [-0.2, -0.15) is 15.5 Å². The molecule has 1 saturated heterocycles. The molecule has 7 heterocycles. The van der Waals surface area contributed by atoms with E-state index in [1.807, 2.05) is 4.68 Å². The van der Waals surface area contributed by atoms with Crippen molar-refractivity contribution in [3.63, 3.8) is 0 Å². The number of fused-ring (bicyclic) bond motifs is 5. The van der Waals surface area contributed by atoms with Crippen molar-refractivity contribution >= 4 is 33.3 Å². The van der Waals surface area contributed by atoms with Gasteiger partial charge in [0.15, 0.2) is 34.4 Å². The van der Waals surface area contributed by atoms with Crippen LogP contribution in [0.15, 0.2) is 23.0 Å². The second-order valence-corrected chi connectivity index (χ2v) is 13.5. The molecule has 8 rings (SSSR count). The number of likely N-dealkylation sites (N-methyl/N-ethyl adjacent to an activating group) is 1. The van der Waals surface area contributed by atoms with Gasteiger partial charge in [-0.1, -0.05) is 5.16 Å². The monoisotopic (exact) mass is 639 g/mol. The molecule has 5 aromatic heterocycles. The fraction of sp³-hybridized carbons (Fsp3) is 0.452. The van der Waals surface area contributed by atoms with Crippen molar-refractivity contribution < 1.29 is 14.1 Å². The maximum Gasteiger partial charge on any atom is 0.271 e. The zero-order valence-corrected chi connectivity index (χ0v) is 26.6. The van der Waals surface area contributed by atoms with Gasteiger partial charge in [-0.15, -0.1) is 11.3 Å². The van der Waals surface area contributed by atoms with E-state index < -0.39 is 5.41 Å². The summed E-state index contributed by atoms with van der Waals surface area (Å²) in [6.45, 7) is 3.82. The van der Waals surface area contributed by atoms with Crippen molar-refractivity contribution in [1.82, 2.24) is 44.9 Å². The number of nitrogen functional groups attached to an aromatic ring is 1. The molecule has 46 heavy (non-hydrogen) atoms. The van der Waals surface area contributed by atoms with E-state index in [0.29, 0.717) is 57.3 Å². The van der Waals surface area contributed by atoms with Crippen LogP contribution in [-0.2, 0) is 23.2 Å². The number of anilines is 1. The Kier molecular flexibility index (Phi) is 6.71. The number of nitriles is 1. The van der Waals surface area contributed by atoms with E-state index in [-0.39, 0.29) is 24.2 Å². The number of nitrogens with zero attached hydrogens (tertiary/aromatic N) is 9. The highest BCUT2D eigenvalue weighted by molar-refractivity contribution is 7.16. The highest BCUT2D eigenvalue weighted by Crippen LogP contribution is 2.52. The Hall–Kier alpha value is -4.65. The highest BCUT2D eigenvalue weighted by Gasteiger charge is 2.50. The zero-order chi connectivity index (χ0) is 31.7. The summed E-state index contributed by atoms with van der Waals surface area (Å²) in [7, 11) is 3.71. The quantitative estimate of drug-likeness (QED) is 0.288. The molecule has 15 heteroatoms. The molecule has 3 N–H and O–H groups in total. The Balaban J connectivity index is 1.31. The highest BCUT2D eigenvalue weighted by atomic mass is 32.1. The van der Waals surface area contributed by atoms with E-state index in [9.17, 15) is 10.1 Å². The van der Waals surface area contributed by atoms with Gasteiger partial charge < -0.3 is 25.2 Å². The predicted molar refractivity (Wildman–Crippen MR) is 169 cm³/mol. The van der Waals surface area contributed by atoms with Crippen molar-refractivity contribution in [2.45, 2.75) is 63.1 Å². The van der Waals surface area contributed by atoms with Gasteiger partial charge in [0.05, 0.1) is 47.4 Å². The lowest BCUT2D eigenvalue weighted by atomic mass is 9.68. The molecular weight excluding hydrogens is 606 g/mol. The summed E-state index contributed by atoms with van der Waals surface area (Å²) in [5.41, 5.74) is 9.14. The van der Waals surface area contributed by atoms with E-state index >= 15 is 0 Å². The van der Waals surface area contributed by atoms with Crippen molar-refractivity contribution in [1.29, 1.82) is 5.26 Å². The summed E-state index contributed by atoms with van der Waals surface area (Å²) in [4.78, 5) is 25.9. The number of amides is 1. The summed E-state index contributed by atoms with van der Waals surface area (Å²) in [5, 5.41) is 27.8. The van der Waals surface area contributed by atoms with Crippen LogP contribution in [0.1, 0.15) is 76.5 Å². The number of nitrogens with one attached hydrogen (secondary N) is 1. The number of ether oxygens (including phenoxy) is 1. The number of thiophene rings is 1. The number of carbonyl (C=O) groups excluding carboxylic acids is 1. The van der Waals surface area contributed by atoms with Gasteiger partial charge in [0.1, 0.15) is 11.1 Å². The molecule has 1 aliphatic carbocycles. The number of hydrogen-bond donors (Lipinski definition) is 2. The molecule has 0 unspecified atom stereocenters. The largest absolute Gasteiger partial charge is 0.389 e. The van der Waals surface area contributed by atoms with E-state index in [0.717, 1.165) is 54.7 Å². The van der Waals surface area contributed by atoms with Crippen LogP contribution in [0.5, 0.6) is 0 Å². The standard InChI is InChI=1S/C31H33N11O3S/c1-16(21-6-5-10-40(21)3)42-29-18(13-35-42)28(41-11-8-20(38-41)30(43)34-2)36-27(37-29)24-19-14-44-15-31(25(19)45-39-24)9-4-7-22-23(31)17(12-32)26(33)46-22/h8,11,13,16,21H,4-7,9-10,14-15,33H2,1-3H3,(H,34,43)/t16-,21-,31+/m0/s1. The topological polar surface area (TPSA) is 179 Å². The molecule has 0 saturated carbocycles.